The van der Waals surface area contributed by atoms with Gasteiger partial charge in [-0.2, -0.15) is 0 Å². The van der Waals surface area contributed by atoms with Crippen LogP contribution in [0.15, 0.2) is 12.1 Å². The highest BCUT2D eigenvalue weighted by atomic mass is 35.5. The molecule has 0 saturated carbocycles. The lowest BCUT2D eigenvalue weighted by Gasteiger charge is -2.28. The first-order valence-electron chi connectivity index (χ1n) is 7.07. The Balaban J connectivity index is 0.000000735. The van der Waals surface area contributed by atoms with Crippen LogP contribution in [0.3, 0.4) is 0 Å². The largest absolute Gasteiger partial charge is 1.00 e. The fraction of sp³-hybridized carbons (Fsp3) is 0.467. The maximum Gasteiger partial charge on any atom is 0.137 e. The van der Waals surface area contributed by atoms with E-state index < -0.39 is 0 Å². The minimum Gasteiger partial charge on any atom is -1.00 e. The number of fused-ring (bicyclic) bond motifs is 3. The molecule has 1 aliphatic heterocycles. The SMILES string of the molecule is Cc1ccc([NH3+])c2c3c4n(c12)CC[NH2+]C4CCC3.[Cl-].[Cl-]. The van der Waals surface area contributed by atoms with Crippen LogP contribution >= 0.6 is 0 Å². The van der Waals surface area contributed by atoms with E-state index in [1.54, 1.807) is 11.3 Å². The molecule has 2 heterocycles. The third-order valence-corrected chi connectivity index (χ3v) is 4.73. The fourth-order valence-corrected chi connectivity index (χ4v) is 4.01. The predicted octanol–water partition coefficient (Wildman–Crippen LogP) is -5.21. The van der Waals surface area contributed by atoms with E-state index in [-0.39, 0.29) is 24.8 Å². The molecule has 20 heavy (non-hydrogen) atoms. The molecule has 1 aromatic carbocycles. The number of rotatable bonds is 0. The van der Waals surface area contributed by atoms with Gasteiger partial charge in [0.05, 0.1) is 29.7 Å². The normalized spacial score (nSPS) is 20.0. The smallest absolute Gasteiger partial charge is 0.137 e. The van der Waals surface area contributed by atoms with Gasteiger partial charge in [0.15, 0.2) is 0 Å². The molecule has 0 bridgehead atoms. The number of nitrogens with two attached hydrogens (primary N) is 1. The molecule has 0 spiro atoms. The molecule has 3 nitrogen and oxygen atoms in total. The number of hydrogen-bond acceptors (Lipinski definition) is 0. The first-order chi connectivity index (χ1) is 8.77. The number of quaternary nitrogens is 2. The molecule has 1 aromatic heterocycles. The number of halogens is 2. The van der Waals surface area contributed by atoms with Gasteiger partial charge in [-0.1, -0.05) is 6.07 Å². The van der Waals surface area contributed by atoms with Crippen molar-refractivity contribution in [3.05, 3.63) is 29.0 Å². The van der Waals surface area contributed by atoms with Crippen LogP contribution in [-0.4, -0.2) is 11.1 Å². The van der Waals surface area contributed by atoms with E-state index in [1.165, 1.54) is 48.0 Å². The Morgan fingerprint density at radius 1 is 1.30 bits per heavy atom. The van der Waals surface area contributed by atoms with Gasteiger partial charge in [0.2, 0.25) is 0 Å². The molecule has 0 radical (unpaired) electrons. The molecule has 5 N–H and O–H groups in total. The summed E-state index contributed by atoms with van der Waals surface area (Å²) in [5.74, 6) is 0. The van der Waals surface area contributed by atoms with E-state index >= 15 is 0 Å². The highest BCUT2D eigenvalue weighted by molar-refractivity contribution is 5.95. The molecule has 1 atom stereocenters. The molecule has 4 rings (SSSR count). The standard InChI is InChI=1S/C15H19N3.2ClH/c1-9-5-6-11(16)13-10-3-2-4-12-15(10)18(14(9)13)8-7-17-12;;/h5-6,12,17H,2-4,7-8,16H2,1H3;2*1H. The summed E-state index contributed by atoms with van der Waals surface area (Å²) in [7, 11) is 0. The van der Waals surface area contributed by atoms with Crippen molar-refractivity contribution in [3.8, 4) is 0 Å². The van der Waals surface area contributed by atoms with Gasteiger partial charge in [0, 0.05) is 6.42 Å². The number of aryl methyl sites for hydroxylation is 2. The summed E-state index contributed by atoms with van der Waals surface area (Å²) in [6.45, 7) is 4.62. The lowest BCUT2D eigenvalue weighted by molar-refractivity contribution is -0.704. The molecule has 1 aliphatic carbocycles. The van der Waals surface area contributed by atoms with Gasteiger partial charge < -0.3 is 40.4 Å². The molecular formula is C15H21Cl2N3. The molecule has 0 saturated heterocycles. The van der Waals surface area contributed by atoms with Gasteiger partial charge in [-0.3, -0.25) is 0 Å². The Morgan fingerprint density at radius 2 is 2.10 bits per heavy atom. The van der Waals surface area contributed by atoms with Crippen LogP contribution in [0, 0.1) is 6.92 Å². The average Bonchev–Trinajstić information content (AvgIpc) is 2.73. The summed E-state index contributed by atoms with van der Waals surface area (Å²) in [6.07, 6.45) is 3.92. The second-order valence-electron chi connectivity index (χ2n) is 5.80. The van der Waals surface area contributed by atoms with Crippen molar-refractivity contribution in [2.75, 3.05) is 6.54 Å². The molecule has 5 heteroatoms. The van der Waals surface area contributed by atoms with Crippen LogP contribution in [-0.2, 0) is 13.0 Å². The van der Waals surface area contributed by atoms with Crippen LogP contribution < -0.4 is 35.9 Å². The van der Waals surface area contributed by atoms with E-state index in [4.69, 9.17) is 0 Å². The van der Waals surface area contributed by atoms with Crippen LogP contribution in [0.4, 0.5) is 5.69 Å². The van der Waals surface area contributed by atoms with Gasteiger partial charge in [-0.25, -0.2) is 0 Å². The Bertz CT molecular complexity index is 595. The first-order valence-corrected chi connectivity index (χ1v) is 7.07. The summed E-state index contributed by atoms with van der Waals surface area (Å²) in [5, 5.41) is 4.00. The summed E-state index contributed by atoms with van der Waals surface area (Å²) in [4.78, 5) is 0. The van der Waals surface area contributed by atoms with Crippen LogP contribution in [0.5, 0.6) is 0 Å². The highest BCUT2D eigenvalue weighted by Gasteiger charge is 2.34. The van der Waals surface area contributed by atoms with Crippen molar-refractivity contribution in [2.45, 2.75) is 38.8 Å². The summed E-state index contributed by atoms with van der Waals surface area (Å²) in [5.41, 5.74) is 11.6. The molecule has 1 unspecified atom stereocenters. The van der Waals surface area contributed by atoms with E-state index in [0.29, 0.717) is 6.04 Å². The Kier molecular flexibility index (Phi) is 4.35. The number of nitrogens with zero attached hydrogens (tertiary/aromatic N) is 1. The lowest BCUT2D eigenvalue weighted by Crippen LogP contribution is -3.00. The maximum absolute atomic E-state index is 4.27. The summed E-state index contributed by atoms with van der Waals surface area (Å²) >= 11 is 0. The van der Waals surface area contributed by atoms with E-state index in [2.05, 4.69) is 34.7 Å². The minimum atomic E-state index is 0. The number of benzene rings is 1. The van der Waals surface area contributed by atoms with Gasteiger partial charge in [-0.05, 0) is 37.0 Å². The van der Waals surface area contributed by atoms with E-state index in [0.717, 1.165) is 6.54 Å². The van der Waals surface area contributed by atoms with Gasteiger partial charge >= 0.3 is 0 Å². The molecule has 110 valence electrons. The van der Waals surface area contributed by atoms with E-state index in [1.807, 2.05) is 0 Å². The van der Waals surface area contributed by atoms with Crippen molar-refractivity contribution < 1.29 is 35.9 Å². The van der Waals surface area contributed by atoms with Gasteiger partial charge in [0.1, 0.15) is 11.7 Å². The van der Waals surface area contributed by atoms with Crippen molar-refractivity contribution >= 4 is 16.6 Å². The Morgan fingerprint density at radius 3 is 2.90 bits per heavy atom. The Labute approximate surface area is 131 Å². The van der Waals surface area contributed by atoms with Crippen LogP contribution in [0.25, 0.3) is 10.9 Å². The zero-order valence-electron chi connectivity index (χ0n) is 11.8. The van der Waals surface area contributed by atoms with Crippen LogP contribution in [0.2, 0.25) is 0 Å². The molecular weight excluding hydrogens is 293 g/mol. The number of aromatic nitrogens is 1. The van der Waals surface area contributed by atoms with Gasteiger partial charge in [-0.15, -0.1) is 0 Å². The monoisotopic (exact) mass is 313 g/mol. The first kappa shape index (κ1) is 15.6. The minimum absolute atomic E-state index is 0. The Hall–Kier alpha value is -0.740. The van der Waals surface area contributed by atoms with Crippen molar-refractivity contribution in [1.29, 1.82) is 0 Å². The topological polar surface area (TPSA) is 49.2 Å². The molecule has 2 aromatic rings. The zero-order valence-corrected chi connectivity index (χ0v) is 13.3. The maximum atomic E-state index is 4.27. The second kappa shape index (κ2) is 5.57. The average molecular weight is 314 g/mol. The third-order valence-electron chi connectivity index (χ3n) is 4.73. The summed E-state index contributed by atoms with van der Waals surface area (Å²) in [6, 6.07) is 5.12. The fourth-order valence-electron chi connectivity index (χ4n) is 4.01. The van der Waals surface area contributed by atoms with Gasteiger partial charge in [0.25, 0.3) is 0 Å². The van der Waals surface area contributed by atoms with E-state index in [9.17, 15) is 0 Å². The predicted molar refractivity (Wildman–Crippen MR) is 71.7 cm³/mol. The molecule has 0 fully saturated rings. The van der Waals surface area contributed by atoms with Crippen molar-refractivity contribution in [2.24, 2.45) is 0 Å². The van der Waals surface area contributed by atoms with Crippen LogP contribution in [0.1, 0.15) is 35.7 Å². The second-order valence-corrected chi connectivity index (χ2v) is 5.80. The third kappa shape index (κ3) is 1.96. The molecule has 2 aliphatic rings. The number of hydrogen-bond donors (Lipinski definition) is 2. The summed E-state index contributed by atoms with van der Waals surface area (Å²) < 4.78 is 2.60. The van der Waals surface area contributed by atoms with Crippen molar-refractivity contribution in [3.63, 3.8) is 0 Å². The zero-order chi connectivity index (χ0) is 12.3. The van der Waals surface area contributed by atoms with Crippen molar-refractivity contribution in [1.82, 2.24) is 4.57 Å². The highest BCUT2D eigenvalue weighted by Crippen LogP contribution is 2.39. The quantitative estimate of drug-likeness (QED) is 0.489. The lowest BCUT2D eigenvalue weighted by atomic mass is 9.90. The molecule has 0 amide bonds.